The first-order valence-corrected chi connectivity index (χ1v) is 7.15. The maximum Gasteiger partial charge on any atom is 0.255 e. The van der Waals surface area contributed by atoms with Gasteiger partial charge in [-0.25, -0.2) is 0 Å². The summed E-state index contributed by atoms with van der Waals surface area (Å²) in [5.74, 6) is 0. The van der Waals surface area contributed by atoms with Gasteiger partial charge in [-0.3, -0.25) is 14.7 Å². The van der Waals surface area contributed by atoms with Crippen molar-refractivity contribution in [1.82, 2.24) is 14.9 Å². The molecular weight excluding hydrogens is 270 g/mol. The SMILES string of the molecule is Cc1cccc(CN2CCc3c([nH]c(=S)[nH]c3=O)C2)c1. The van der Waals surface area contributed by atoms with E-state index in [0.717, 1.165) is 37.3 Å². The second-order valence-corrected chi connectivity index (χ2v) is 5.72. The van der Waals surface area contributed by atoms with Crippen LogP contribution in [-0.4, -0.2) is 21.4 Å². The number of hydrogen-bond acceptors (Lipinski definition) is 3. The van der Waals surface area contributed by atoms with Gasteiger partial charge in [-0.2, -0.15) is 0 Å². The monoisotopic (exact) mass is 287 g/mol. The standard InChI is InChI=1S/C15H17N3OS/c1-10-3-2-4-11(7-10)8-18-6-5-12-13(9-18)16-15(20)17-14(12)19/h2-4,7H,5-6,8-9H2,1H3,(H2,16,17,19,20). The second kappa shape index (κ2) is 5.34. The normalized spacial score (nSPS) is 15.1. The van der Waals surface area contributed by atoms with Gasteiger partial charge < -0.3 is 4.98 Å². The maximum absolute atomic E-state index is 11.8. The Morgan fingerprint density at radius 2 is 2.20 bits per heavy atom. The van der Waals surface area contributed by atoms with Crippen molar-refractivity contribution < 1.29 is 0 Å². The summed E-state index contributed by atoms with van der Waals surface area (Å²) in [4.78, 5) is 19.9. The molecule has 1 aliphatic rings. The molecule has 0 fully saturated rings. The van der Waals surface area contributed by atoms with Crippen molar-refractivity contribution in [3.63, 3.8) is 0 Å². The fourth-order valence-electron chi connectivity index (χ4n) is 2.73. The quantitative estimate of drug-likeness (QED) is 0.833. The number of aromatic amines is 2. The first kappa shape index (κ1) is 13.3. The molecule has 0 saturated heterocycles. The predicted octanol–water partition coefficient (Wildman–Crippen LogP) is 2.30. The topological polar surface area (TPSA) is 51.9 Å². The first-order chi connectivity index (χ1) is 9.61. The van der Waals surface area contributed by atoms with Crippen molar-refractivity contribution in [3.8, 4) is 0 Å². The van der Waals surface area contributed by atoms with Gasteiger partial charge in [0.1, 0.15) is 0 Å². The summed E-state index contributed by atoms with van der Waals surface area (Å²) in [7, 11) is 0. The molecule has 1 aromatic carbocycles. The van der Waals surface area contributed by atoms with Crippen molar-refractivity contribution >= 4 is 12.2 Å². The van der Waals surface area contributed by atoms with E-state index in [0.29, 0.717) is 4.77 Å². The third kappa shape index (κ3) is 2.73. The zero-order chi connectivity index (χ0) is 14.1. The zero-order valence-corrected chi connectivity index (χ0v) is 12.2. The lowest BCUT2D eigenvalue weighted by Gasteiger charge is -2.27. The Bertz CT molecular complexity index is 747. The van der Waals surface area contributed by atoms with E-state index in [9.17, 15) is 4.79 Å². The van der Waals surface area contributed by atoms with Crippen LogP contribution in [0.4, 0.5) is 0 Å². The fourth-order valence-corrected chi connectivity index (χ4v) is 2.95. The summed E-state index contributed by atoms with van der Waals surface area (Å²) in [5.41, 5.74) is 4.34. The molecule has 20 heavy (non-hydrogen) atoms. The van der Waals surface area contributed by atoms with E-state index in [1.807, 2.05) is 0 Å². The van der Waals surface area contributed by atoms with Crippen LogP contribution in [0.5, 0.6) is 0 Å². The number of rotatable bonds is 2. The van der Waals surface area contributed by atoms with Crippen molar-refractivity contribution in [2.75, 3.05) is 6.54 Å². The molecule has 4 nitrogen and oxygen atoms in total. The van der Waals surface area contributed by atoms with E-state index in [1.54, 1.807) is 0 Å². The van der Waals surface area contributed by atoms with Gasteiger partial charge in [0.2, 0.25) is 0 Å². The number of H-pyrrole nitrogens is 2. The van der Waals surface area contributed by atoms with Crippen LogP contribution in [0.3, 0.4) is 0 Å². The molecule has 1 aliphatic heterocycles. The van der Waals surface area contributed by atoms with E-state index < -0.39 is 0 Å². The Labute approximate surface area is 122 Å². The molecule has 0 saturated carbocycles. The Balaban J connectivity index is 1.82. The molecule has 0 unspecified atom stereocenters. The first-order valence-electron chi connectivity index (χ1n) is 6.74. The summed E-state index contributed by atoms with van der Waals surface area (Å²) >= 11 is 5.04. The highest BCUT2D eigenvalue weighted by atomic mass is 32.1. The predicted molar refractivity (Wildman–Crippen MR) is 81.2 cm³/mol. The van der Waals surface area contributed by atoms with Gasteiger partial charge in [-0.15, -0.1) is 0 Å². The Kier molecular flexibility index (Phi) is 3.54. The molecule has 0 atom stereocenters. The van der Waals surface area contributed by atoms with Crippen LogP contribution in [0.15, 0.2) is 29.1 Å². The van der Waals surface area contributed by atoms with Gasteiger partial charge in [0.15, 0.2) is 4.77 Å². The maximum atomic E-state index is 11.8. The van der Waals surface area contributed by atoms with Crippen molar-refractivity contribution in [3.05, 3.63) is 61.8 Å². The van der Waals surface area contributed by atoms with Crippen LogP contribution in [0.1, 0.15) is 22.4 Å². The molecule has 0 aliphatic carbocycles. The van der Waals surface area contributed by atoms with Crippen molar-refractivity contribution in [2.45, 2.75) is 26.4 Å². The van der Waals surface area contributed by atoms with Crippen LogP contribution in [0.2, 0.25) is 0 Å². The largest absolute Gasteiger partial charge is 0.334 e. The van der Waals surface area contributed by atoms with Gasteiger partial charge in [-0.05, 0) is 31.1 Å². The highest BCUT2D eigenvalue weighted by molar-refractivity contribution is 7.71. The van der Waals surface area contributed by atoms with E-state index in [2.05, 4.69) is 46.1 Å². The van der Waals surface area contributed by atoms with Crippen LogP contribution < -0.4 is 5.56 Å². The average molecular weight is 287 g/mol. The Hall–Kier alpha value is -1.72. The molecule has 104 valence electrons. The van der Waals surface area contributed by atoms with Gasteiger partial charge >= 0.3 is 0 Å². The van der Waals surface area contributed by atoms with Gasteiger partial charge in [0, 0.05) is 30.9 Å². The van der Waals surface area contributed by atoms with E-state index in [4.69, 9.17) is 12.2 Å². The van der Waals surface area contributed by atoms with Crippen LogP contribution >= 0.6 is 12.2 Å². The second-order valence-electron chi connectivity index (χ2n) is 5.32. The van der Waals surface area contributed by atoms with Crippen LogP contribution in [0.25, 0.3) is 0 Å². The molecule has 0 radical (unpaired) electrons. The number of benzene rings is 1. The van der Waals surface area contributed by atoms with Crippen molar-refractivity contribution in [2.24, 2.45) is 0 Å². The molecule has 0 spiro atoms. The van der Waals surface area contributed by atoms with E-state index in [-0.39, 0.29) is 5.56 Å². The summed E-state index contributed by atoms with van der Waals surface area (Å²) in [6, 6.07) is 8.53. The summed E-state index contributed by atoms with van der Waals surface area (Å²) in [6.07, 6.45) is 0.766. The molecule has 2 aromatic rings. The highest BCUT2D eigenvalue weighted by Gasteiger charge is 2.19. The fraction of sp³-hybridized carbons (Fsp3) is 0.333. The molecule has 5 heteroatoms. The molecule has 1 aromatic heterocycles. The molecule has 2 heterocycles. The van der Waals surface area contributed by atoms with Gasteiger partial charge in [-0.1, -0.05) is 29.8 Å². The Morgan fingerprint density at radius 3 is 3.00 bits per heavy atom. The Morgan fingerprint density at radius 1 is 1.35 bits per heavy atom. The zero-order valence-electron chi connectivity index (χ0n) is 11.4. The summed E-state index contributed by atoms with van der Waals surface area (Å²) in [5, 5.41) is 0. The lowest BCUT2D eigenvalue weighted by Crippen LogP contribution is -2.34. The molecular formula is C15H17N3OS. The van der Waals surface area contributed by atoms with Crippen LogP contribution in [-0.2, 0) is 19.5 Å². The number of nitrogens with one attached hydrogen (secondary N) is 2. The summed E-state index contributed by atoms with van der Waals surface area (Å²) in [6.45, 7) is 4.64. The minimum Gasteiger partial charge on any atom is -0.334 e. The molecule has 0 bridgehead atoms. The lowest BCUT2D eigenvalue weighted by atomic mass is 10.1. The summed E-state index contributed by atoms with van der Waals surface area (Å²) < 4.78 is 0.408. The minimum atomic E-state index is -0.0426. The number of aromatic nitrogens is 2. The highest BCUT2D eigenvalue weighted by Crippen LogP contribution is 2.16. The van der Waals surface area contributed by atoms with Crippen molar-refractivity contribution in [1.29, 1.82) is 0 Å². The average Bonchev–Trinajstić information content (AvgIpc) is 2.38. The number of nitrogens with zero attached hydrogens (tertiary/aromatic N) is 1. The van der Waals surface area contributed by atoms with Gasteiger partial charge in [0.25, 0.3) is 5.56 Å². The smallest absolute Gasteiger partial charge is 0.255 e. The van der Waals surface area contributed by atoms with Gasteiger partial charge in [0.05, 0.1) is 0 Å². The number of fused-ring (bicyclic) bond motifs is 1. The number of aryl methyl sites for hydroxylation is 1. The third-order valence-electron chi connectivity index (χ3n) is 3.68. The molecule has 0 amide bonds. The minimum absolute atomic E-state index is 0.0426. The van der Waals surface area contributed by atoms with E-state index in [1.165, 1.54) is 11.1 Å². The van der Waals surface area contributed by atoms with Crippen LogP contribution in [0, 0.1) is 11.7 Å². The third-order valence-corrected chi connectivity index (χ3v) is 3.88. The van der Waals surface area contributed by atoms with E-state index >= 15 is 0 Å². The lowest BCUT2D eigenvalue weighted by molar-refractivity contribution is 0.240. The molecule has 2 N–H and O–H groups in total. The number of hydrogen-bond donors (Lipinski definition) is 2. The molecule has 3 rings (SSSR count).